The molecule has 0 aromatic carbocycles. The Morgan fingerprint density at radius 1 is 1.41 bits per heavy atom. The monoisotopic (exact) mass is 230 g/mol. The van der Waals surface area contributed by atoms with Gasteiger partial charge in [-0.25, -0.2) is 4.98 Å². The maximum absolute atomic E-state index is 5.64. The fourth-order valence-corrected chi connectivity index (χ4v) is 2.07. The fraction of sp³-hybridized carbons (Fsp3) is 0.364. The van der Waals surface area contributed by atoms with Gasteiger partial charge in [-0.05, 0) is 19.3 Å². The average Bonchev–Trinajstić information content (AvgIpc) is 2.95. The van der Waals surface area contributed by atoms with E-state index < -0.39 is 0 Å². The molecule has 0 unspecified atom stereocenters. The molecule has 0 amide bonds. The Kier molecular flexibility index (Phi) is 2.40. The van der Waals surface area contributed by atoms with Crippen LogP contribution in [0.2, 0.25) is 0 Å². The Morgan fingerprint density at radius 2 is 2.35 bits per heavy atom. The third-order valence-electron chi connectivity index (χ3n) is 2.92. The molecule has 2 heterocycles. The third kappa shape index (κ3) is 1.93. The van der Waals surface area contributed by atoms with E-state index >= 15 is 0 Å². The van der Waals surface area contributed by atoms with E-state index in [1.54, 1.807) is 6.33 Å². The van der Waals surface area contributed by atoms with E-state index in [0.717, 1.165) is 17.9 Å². The molecule has 4 N–H and O–H groups in total. The van der Waals surface area contributed by atoms with E-state index in [-0.39, 0.29) is 5.95 Å². The van der Waals surface area contributed by atoms with Crippen LogP contribution in [0, 0.1) is 0 Å². The molecule has 0 saturated heterocycles. The summed E-state index contributed by atoms with van der Waals surface area (Å²) in [6, 6.07) is 0. The lowest BCUT2D eigenvalue weighted by Gasteiger charge is -2.07. The Balaban J connectivity index is 1.86. The summed E-state index contributed by atoms with van der Waals surface area (Å²) >= 11 is 0. The SMILES string of the molecule is Nc1nc(NCC2=CCCC2)c2[nH]cnc2n1. The molecule has 2 aromatic rings. The van der Waals surface area contributed by atoms with Crippen LogP contribution in [0.25, 0.3) is 11.2 Å². The smallest absolute Gasteiger partial charge is 0.224 e. The topological polar surface area (TPSA) is 92.5 Å². The molecule has 1 aliphatic rings. The van der Waals surface area contributed by atoms with Crippen LogP contribution in [0.1, 0.15) is 19.3 Å². The lowest BCUT2D eigenvalue weighted by Crippen LogP contribution is -2.08. The van der Waals surface area contributed by atoms with Gasteiger partial charge in [0.15, 0.2) is 11.5 Å². The second kappa shape index (κ2) is 4.04. The third-order valence-corrected chi connectivity index (χ3v) is 2.92. The number of H-pyrrole nitrogens is 1. The Hall–Kier alpha value is -2.11. The van der Waals surface area contributed by atoms with Crippen molar-refractivity contribution in [2.24, 2.45) is 0 Å². The number of nitrogens with zero attached hydrogens (tertiary/aromatic N) is 3. The van der Waals surface area contributed by atoms with Crippen molar-refractivity contribution < 1.29 is 0 Å². The zero-order valence-corrected chi connectivity index (χ0v) is 9.40. The summed E-state index contributed by atoms with van der Waals surface area (Å²) < 4.78 is 0. The van der Waals surface area contributed by atoms with Crippen molar-refractivity contribution in [3.63, 3.8) is 0 Å². The predicted octanol–water partition coefficient (Wildman–Crippen LogP) is 1.46. The summed E-state index contributed by atoms with van der Waals surface area (Å²) in [4.78, 5) is 15.3. The molecule has 0 aliphatic heterocycles. The van der Waals surface area contributed by atoms with Gasteiger partial charge in [-0.1, -0.05) is 11.6 Å². The van der Waals surface area contributed by atoms with Crippen molar-refractivity contribution in [2.75, 3.05) is 17.6 Å². The highest BCUT2D eigenvalue weighted by molar-refractivity contribution is 5.83. The molecule has 6 heteroatoms. The molecule has 17 heavy (non-hydrogen) atoms. The van der Waals surface area contributed by atoms with Crippen LogP contribution in [0.3, 0.4) is 0 Å². The van der Waals surface area contributed by atoms with Crippen molar-refractivity contribution >= 4 is 22.9 Å². The van der Waals surface area contributed by atoms with Crippen LogP contribution in [0.4, 0.5) is 11.8 Å². The summed E-state index contributed by atoms with van der Waals surface area (Å²) in [7, 11) is 0. The molecule has 1 aliphatic carbocycles. The van der Waals surface area contributed by atoms with Crippen LogP contribution in [0.15, 0.2) is 18.0 Å². The van der Waals surface area contributed by atoms with Crippen LogP contribution in [-0.2, 0) is 0 Å². The molecule has 2 aromatic heterocycles. The molecule has 6 nitrogen and oxygen atoms in total. The fourth-order valence-electron chi connectivity index (χ4n) is 2.07. The van der Waals surface area contributed by atoms with E-state index in [0.29, 0.717) is 5.65 Å². The number of aromatic amines is 1. The summed E-state index contributed by atoms with van der Waals surface area (Å²) in [5.41, 5.74) is 8.46. The number of nitrogens with two attached hydrogens (primary N) is 1. The Labute approximate surface area is 98.4 Å². The number of nitrogens with one attached hydrogen (secondary N) is 2. The van der Waals surface area contributed by atoms with Gasteiger partial charge in [-0.3, -0.25) is 0 Å². The quantitative estimate of drug-likeness (QED) is 0.694. The minimum absolute atomic E-state index is 0.243. The maximum atomic E-state index is 5.64. The van der Waals surface area contributed by atoms with Gasteiger partial charge >= 0.3 is 0 Å². The van der Waals surface area contributed by atoms with Crippen molar-refractivity contribution in [3.8, 4) is 0 Å². The summed E-state index contributed by atoms with van der Waals surface area (Å²) in [6.45, 7) is 0.810. The molecular formula is C11H14N6. The van der Waals surface area contributed by atoms with E-state index in [1.165, 1.54) is 24.8 Å². The molecule has 0 fully saturated rings. The Bertz CT molecular complexity index is 570. The minimum atomic E-state index is 0.243. The molecule has 0 saturated carbocycles. The number of rotatable bonds is 3. The maximum Gasteiger partial charge on any atom is 0.224 e. The number of allylic oxidation sites excluding steroid dienone is 1. The highest BCUT2D eigenvalue weighted by atomic mass is 15.1. The van der Waals surface area contributed by atoms with Gasteiger partial charge < -0.3 is 16.0 Å². The van der Waals surface area contributed by atoms with Crippen molar-refractivity contribution in [1.29, 1.82) is 0 Å². The number of nitrogen functional groups attached to an aromatic ring is 1. The zero-order chi connectivity index (χ0) is 11.7. The molecule has 88 valence electrons. The van der Waals surface area contributed by atoms with Crippen LogP contribution in [-0.4, -0.2) is 26.5 Å². The number of fused-ring (bicyclic) bond motifs is 1. The van der Waals surface area contributed by atoms with Crippen LogP contribution < -0.4 is 11.1 Å². The molecule has 0 radical (unpaired) electrons. The summed E-state index contributed by atoms with van der Waals surface area (Å²) in [6.07, 6.45) is 7.48. The Morgan fingerprint density at radius 3 is 3.18 bits per heavy atom. The van der Waals surface area contributed by atoms with Crippen LogP contribution >= 0.6 is 0 Å². The van der Waals surface area contributed by atoms with Crippen LogP contribution in [0.5, 0.6) is 0 Å². The number of imidazole rings is 1. The highest BCUT2D eigenvalue weighted by Crippen LogP contribution is 2.20. The molecule has 0 atom stereocenters. The summed E-state index contributed by atoms with van der Waals surface area (Å²) in [5.74, 6) is 0.963. The number of hydrogen-bond acceptors (Lipinski definition) is 5. The van der Waals surface area contributed by atoms with Gasteiger partial charge in [0.1, 0.15) is 5.52 Å². The van der Waals surface area contributed by atoms with Gasteiger partial charge in [0.2, 0.25) is 5.95 Å². The van der Waals surface area contributed by atoms with Gasteiger partial charge in [0.25, 0.3) is 0 Å². The van der Waals surface area contributed by atoms with Gasteiger partial charge in [-0.2, -0.15) is 9.97 Å². The number of anilines is 2. The van der Waals surface area contributed by atoms with Gasteiger partial charge in [-0.15, -0.1) is 0 Å². The molecular weight excluding hydrogens is 216 g/mol. The first kappa shape index (κ1) is 10.1. The number of hydrogen-bond donors (Lipinski definition) is 3. The van der Waals surface area contributed by atoms with E-state index in [9.17, 15) is 0 Å². The second-order valence-electron chi connectivity index (χ2n) is 4.14. The van der Waals surface area contributed by atoms with Gasteiger partial charge in [0.05, 0.1) is 6.33 Å². The lowest BCUT2D eigenvalue weighted by molar-refractivity contribution is 0.896. The lowest BCUT2D eigenvalue weighted by atomic mass is 10.2. The molecule has 0 spiro atoms. The molecule has 0 bridgehead atoms. The first-order valence-electron chi connectivity index (χ1n) is 5.71. The largest absolute Gasteiger partial charge is 0.368 e. The first-order valence-corrected chi connectivity index (χ1v) is 5.71. The standard InChI is InChI=1S/C11H14N6/c12-11-16-9(8-10(17-11)15-6-14-8)13-5-7-3-1-2-4-7/h3,6H,1-2,4-5H2,(H4,12,13,14,15,16,17). The van der Waals surface area contributed by atoms with Crippen molar-refractivity contribution in [2.45, 2.75) is 19.3 Å². The van der Waals surface area contributed by atoms with Gasteiger partial charge in [0, 0.05) is 6.54 Å². The highest BCUT2D eigenvalue weighted by Gasteiger charge is 2.09. The normalized spacial score (nSPS) is 15.2. The predicted molar refractivity (Wildman–Crippen MR) is 66.5 cm³/mol. The first-order chi connectivity index (χ1) is 8.33. The van der Waals surface area contributed by atoms with Crippen molar-refractivity contribution in [1.82, 2.24) is 19.9 Å². The number of aromatic nitrogens is 4. The van der Waals surface area contributed by atoms with Crippen molar-refractivity contribution in [3.05, 3.63) is 18.0 Å². The minimum Gasteiger partial charge on any atom is -0.368 e. The summed E-state index contributed by atoms with van der Waals surface area (Å²) in [5, 5.41) is 3.29. The van der Waals surface area contributed by atoms with E-state index in [2.05, 4.69) is 31.3 Å². The van der Waals surface area contributed by atoms with E-state index in [1.807, 2.05) is 0 Å². The zero-order valence-electron chi connectivity index (χ0n) is 9.40. The average molecular weight is 230 g/mol. The van der Waals surface area contributed by atoms with E-state index in [4.69, 9.17) is 5.73 Å². The molecule has 3 rings (SSSR count). The second-order valence-corrected chi connectivity index (χ2v) is 4.14.